The maximum absolute atomic E-state index is 10.9. The first-order valence-corrected chi connectivity index (χ1v) is 10.7. The second kappa shape index (κ2) is 10.9. The van der Waals surface area contributed by atoms with Crippen molar-refractivity contribution in [2.75, 3.05) is 19.8 Å². The minimum absolute atomic E-state index is 0.0637. The highest BCUT2D eigenvalue weighted by Crippen LogP contribution is 2.30. The van der Waals surface area contributed by atoms with Crippen LogP contribution in [0, 0.1) is 10.1 Å². The molecule has 2 heterocycles. The van der Waals surface area contributed by atoms with Gasteiger partial charge in [0.1, 0.15) is 13.2 Å². The molecule has 0 bridgehead atoms. The summed E-state index contributed by atoms with van der Waals surface area (Å²) in [4.78, 5) is 19.4. The average molecular weight is 447 g/mol. The number of nitro benzene ring substituents is 1. The van der Waals surface area contributed by atoms with Crippen molar-refractivity contribution in [1.29, 1.82) is 0 Å². The lowest BCUT2D eigenvalue weighted by atomic mass is 10.1. The smallest absolute Gasteiger partial charge is 0.269 e. The van der Waals surface area contributed by atoms with E-state index in [1.54, 1.807) is 18.3 Å². The zero-order chi connectivity index (χ0) is 22.9. The predicted octanol–water partition coefficient (Wildman–Crippen LogP) is 3.24. The van der Waals surface area contributed by atoms with Crippen LogP contribution in [-0.4, -0.2) is 35.6 Å². The molecule has 1 aliphatic heterocycles. The van der Waals surface area contributed by atoms with Gasteiger partial charge >= 0.3 is 0 Å². The minimum atomic E-state index is -0.410. The van der Waals surface area contributed by atoms with Crippen molar-refractivity contribution in [1.82, 2.24) is 15.6 Å². The standard InChI is InChI=1S/C24H25N5O4/c30-29(31)21-7-4-19(5-8-21)16-27-24(28-17-20-3-1-2-11-25-20)26-12-10-18-6-9-22-23(15-18)33-14-13-32-22/h1-9,11,15H,10,12-14,16-17H2,(H2,26,27,28). The van der Waals surface area contributed by atoms with Crippen LogP contribution in [0.5, 0.6) is 11.5 Å². The summed E-state index contributed by atoms with van der Waals surface area (Å²) >= 11 is 0. The lowest BCUT2D eigenvalue weighted by Crippen LogP contribution is -2.38. The van der Waals surface area contributed by atoms with Gasteiger partial charge in [-0.25, -0.2) is 4.99 Å². The van der Waals surface area contributed by atoms with Gasteiger partial charge in [-0.1, -0.05) is 24.3 Å². The summed E-state index contributed by atoms with van der Waals surface area (Å²) in [6, 6.07) is 18.1. The number of nitrogens with zero attached hydrogens (tertiary/aromatic N) is 3. The predicted molar refractivity (Wildman–Crippen MR) is 124 cm³/mol. The summed E-state index contributed by atoms with van der Waals surface area (Å²) in [5, 5.41) is 17.5. The Bertz CT molecular complexity index is 1100. The van der Waals surface area contributed by atoms with Gasteiger partial charge in [0.25, 0.3) is 5.69 Å². The molecule has 1 aromatic heterocycles. The van der Waals surface area contributed by atoms with E-state index in [2.05, 4.69) is 20.6 Å². The van der Waals surface area contributed by atoms with E-state index in [0.717, 1.165) is 34.7 Å². The maximum atomic E-state index is 10.9. The molecule has 9 nitrogen and oxygen atoms in total. The van der Waals surface area contributed by atoms with Gasteiger partial charge in [0.05, 0.1) is 23.7 Å². The first-order chi connectivity index (χ1) is 16.2. The molecular weight excluding hydrogens is 422 g/mol. The fraction of sp³-hybridized carbons (Fsp3) is 0.250. The number of fused-ring (bicyclic) bond motifs is 1. The van der Waals surface area contributed by atoms with Crippen molar-refractivity contribution in [2.24, 2.45) is 4.99 Å². The van der Waals surface area contributed by atoms with Crippen molar-refractivity contribution in [3.05, 3.63) is 93.8 Å². The van der Waals surface area contributed by atoms with Crippen LogP contribution in [0.15, 0.2) is 71.9 Å². The van der Waals surface area contributed by atoms with E-state index in [4.69, 9.17) is 9.47 Å². The van der Waals surface area contributed by atoms with Crippen molar-refractivity contribution in [2.45, 2.75) is 19.5 Å². The van der Waals surface area contributed by atoms with Gasteiger partial charge < -0.3 is 20.1 Å². The Morgan fingerprint density at radius 1 is 1.00 bits per heavy atom. The number of nitrogens with one attached hydrogen (secondary N) is 2. The monoisotopic (exact) mass is 447 g/mol. The van der Waals surface area contributed by atoms with E-state index < -0.39 is 4.92 Å². The summed E-state index contributed by atoms with van der Waals surface area (Å²) in [5.74, 6) is 2.19. The van der Waals surface area contributed by atoms with E-state index >= 15 is 0 Å². The number of benzene rings is 2. The van der Waals surface area contributed by atoms with E-state index in [9.17, 15) is 10.1 Å². The molecule has 0 radical (unpaired) electrons. The molecule has 33 heavy (non-hydrogen) atoms. The van der Waals surface area contributed by atoms with Crippen LogP contribution in [0.1, 0.15) is 16.8 Å². The summed E-state index contributed by atoms with van der Waals surface area (Å²) in [5.41, 5.74) is 2.97. The first kappa shape index (κ1) is 22.1. The SMILES string of the molecule is O=[N+]([O-])c1ccc(CN=C(NCCc2ccc3c(c2)OCCO3)NCc2ccccn2)cc1. The number of pyridine rings is 1. The minimum Gasteiger partial charge on any atom is -0.486 e. The third kappa shape index (κ3) is 6.42. The zero-order valence-corrected chi connectivity index (χ0v) is 18.1. The summed E-state index contributed by atoms with van der Waals surface area (Å²) < 4.78 is 11.2. The summed E-state index contributed by atoms with van der Waals surface area (Å²) in [7, 11) is 0. The number of hydrogen-bond acceptors (Lipinski definition) is 6. The van der Waals surface area contributed by atoms with E-state index in [0.29, 0.717) is 38.8 Å². The van der Waals surface area contributed by atoms with Crippen LogP contribution in [0.25, 0.3) is 0 Å². The number of hydrogen-bond donors (Lipinski definition) is 2. The Kier molecular flexibility index (Phi) is 7.32. The molecule has 4 rings (SSSR count). The second-order valence-electron chi connectivity index (χ2n) is 7.42. The van der Waals surface area contributed by atoms with Crippen LogP contribution in [-0.2, 0) is 19.5 Å². The number of guanidine groups is 1. The molecular formula is C24H25N5O4. The fourth-order valence-electron chi connectivity index (χ4n) is 3.31. The van der Waals surface area contributed by atoms with Crippen molar-refractivity contribution < 1.29 is 14.4 Å². The number of aromatic nitrogens is 1. The lowest BCUT2D eigenvalue weighted by molar-refractivity contribution is -0.384. The van der Waals surface area contributed by atoms with Gasteiger partial charge in [0.15, 0.2) is 17.5 Å². The van der Waals surface area contributed by atoms with Gasteiger partial charge in [0.2, 0.25) is 0 Å². The first-order valence-electron chi connectivity index (χ1n) is 10.7. The Morgan fingerprint density at radius 3 is 2.55 bits per heavy atom. The number of rotatable bonds is 8. The second-order valence-corrected chi connectivity index (χ2v) is 7.42. The molecule has 9 heteroatoms. The average Bonchev–Trinajstić information content (AvgIpc) is 2.86. The van der Waals surface area contributed by atoms with E-state index in [1.807, 2.05) is 36.4 Å². The highest BCUT2D eigenvalue weighted by Gasteiger charge is 2.11. The Balaban J connectivity index is 1.38. The van der Waals surface area contributed by atoms with Crippen LogP contribution >= 0.6 is 0 Å². The van der Waals surface area contributed by atoms with Crippen LogP contribution in [0.4, 0.5) is 5.69 Å². The van der Waals surface area contributed by atoms with Crippen LogP contribution in [0.3, 0.4) is 0 Å². The third-order valence-corrected chi connectivity index (χ3v) is 5.04. The van der Waals surface area contributed by atoms with Crippen molar-refractivity contribution in [3.8, 4) is 11.5 Å². The highest BCUT2D eigenvalue weighted by atomic mass is 16.6. The third-order valence-electron chi connectivity index (χ3n) is 5.04. The Hall–Kier alpha value is -4.14. The molecule has 2 aromatic carbocycles. The highest BCUT2D eigenvalue weighted by molar-refractivity contribution is 5.79. The van der Waals surface area contributed by atoms with Gasteiger partial charge in [-0.3, -0.25) is 15.1 Å². The quantitative estimate of drug-likeness (QED) is 0.236. The topological polar surface area (TPSA) is 111 Å². The lowest BCUT2D eigenvalue weighted by Gasteiger charge is -2.19. The number of aliphatic imine (C=N–C) groups is 1. The zero-order valence-electron chi connectivity index (χ0n) is 18.1. The largest absolute Gasteiger partial charge is 0.486 e. The van der Waals surface area contributed by atoms with Gasteiger partial charge in [-0.2, -0.15) is 0 Å². The van der Waals surface area contributed by atoms with Crippen LogP contribution < -0.4 is 20.1 Å². The molecule has 170 valence electrons. The normalized spacial score (nSPS) is 12.8. The van der Waals surface area contributed by atoms with E-state index in [1.165, 1.54) is 12.1 Å². The number of ether oxygens (including phenoxy) is 2. The summed E-state index contributed by atoms with van der Waals surface area (Å²) in [6.07, 6.45) is 2.53. The van der Waals surface area contributed by atoms with Crippen LogP contribution in [0.2, 0.25) is 0 Å². The molecule has 0 saturated heterocycles. The molecule has 0 amide bonds. The Labute approximate surface area is 191 Å². The molecule has 0 unspecified atom stereocenters. The van der Waals surface area contributed by atoms with Crippen molar-refractivity contribution >= 4 is 11.6 Å². The number of non-ortho nitro benzene ring substituents is 1. The summed E-state index contributed by atoms with van der Waals surface area (Å²) in [6.45, 7) is 2.71. The van der Waals surface area contributed by atoms with Gasteiger partial charge in [-0.05, 0) is 41.8 Å². The Morgan fingerprint density at radius 2 is 1.79 bits per heavy atom. The molecule has 0 spiro atoms. The molecule has 1 aliphatic rings. The number of nitro groups is 1. The van der Waals surface area contributed by atoms with E-state index in [-0.39, 0.29) is 5.69 Å². The van der Waals surface area contributed by atoms with Crippen molar-refractivity contribution in [3.63, 3.8) is 0 Å². The molecule has 0 aliphatic carbocycles. The molecule has 2 N–H and O–H groups in total. The fourth-order valence-corrected chi connectivity index (χ4v) is 3.31. The maximum Gasteiger partial charge on any atom is 0.269 e. The van der Waals surface area contributed by atoms with Gasteiger partial charge in [-0.15, -0.1) is 0 Å². The van der Waals surface area contributed by atoms with Gasteiger partial charge in [0, 0.05) is 24.9 Å². The molecule has 0 fully saturated rings. The molecule has 0 saturated carbocycles. The molecule has 0 atom stereocenters. The molecule has 3 aromatic rings.